The van der Waals surface area contributed by atoms with Gasteiger partial charge in [0.2, 0.25) is 5.91 Å². The topological polar surface area (TPSA) is 149 Å². The Morgan fingerprint density at radius 3 is 1.44 bits per heavy atom. The van der Waals surface area contributed by atoms with Gasteiger partial charge in [0.05, 0.1) is 25.4 Å². The van der Waals surface area contributed by atoms with Crippen LogP contribution >= 0.6 is 0 Å². The Morgan fingerprint density at radius 2 is 0.969 bits per heavy atom. The van der Waals surface area contributed by atoms with Gasteiger partial charge in [-0.15, -0.1) is 0 Å². The number of unbranched alkanes of at least 4 members (excludes halogenated alkanes) is 29. The van der Waals surface area contributed by atoms with Crippen LogP contribution in [0.5, 0.6) is 0 Å². The van der Waals surface area contributed by atoms with Crippen LogP contribution in [0, 0.1) is 0 Å². The van der Waals surface area contributed by atoms with Gasteiger partial charge < -0.3 is 40.3 Å². The molecule has 0 bridgehead atoms. The SMILES string of the molecule is CC/C=C\C/C=C\C/C=C\CCCCCCCC(=O)NC(COC1OC(CO)C(O)C(O)C1O)C(O)/C=C/CCCCCCCCCCCCCCCCCCCCCCCCCC. The molecule has 1 heterocycles. The molecule has 9 heteroatoms. The van der Waals surface area contributed by atoms with Crippen molar-refractivity contribution in [2.45, 2.75) is 281 Å². The van der Waals surface area contributed by atoms with Crippen LogP contribution in [0.15, 0.2) is 48.6 Å². The predicted molar refractivity (Wildman–Crippen MR) is 267 cm³/mol. The highest BCUT2D eigenvalue weighted by molar-refractivity contribution is 5.76. The monoisotopic (exact) mass is 904 g/mol. The summed E-state index contributed by atoms with van der Waals surface area (Å²) in [5.41, 5.74) is 0. The van der Waals surface area contributed by atoms with Gasteiger partial charge in [-0.1, -0.05) is 229 Å². The number of carbonyl (C=O) groups is 1. The maximum atomic E-state index is 13.0. The van der Waals surface area contributed by atoms with E-state index in [-0.39, 0.29) is 12.5 Å². The average molecular weight is 904 g/mol. The van der Waals surface area contributed by atoms with E-state index in [0.717, 1.165) is 77.0 Å². The van der Waals surface area contributed by atoms with Crippen LogP contribution < -0.4 is 5.32 Å². The van der Waals surface area contributed by atoms with Gasteiger partial charge >= 0.3 is 0 Å². The molecule has 1 amide bonds. The number of aliphatic hydroxyl groups excluding tert-OH is 5. The quantitative estimate of drug-likeness (QED) is 0.0261. The smallest absolute Gasteiger partial charge is 0.220 e. The lowest BCUT2D eigenvalue weighted by Gasteiger charge is -2.40. The number of amides is 1. The van der Waals surface area contributed by atoms with Crippen molar-refractivity contribution in [3.63, 3.8) is 0 Å². The summed E-state index contributed by atoms with van der Waals surface area (Å²) < 4.78 is 11.2. The molecular formula is C55H101NO8. The first kappa shape index (κ1) is 60.2. The highest BCUT2D eigenvalue weighted by atomic mass is 16.7. The number of hydrogen-bond acceptors (Lipinski definition) is 8. The fraction of sp³-hybridized carbons (Fsp3) is 0.836. The molecule has 1 saturated heterocycles. The van der Waals surface area contributed by atoms with Crippen LogP contribution in [0.2, 0.25) is 0 Å². The first-order valence-electron chi connectivity index (χ1n) is 26.9. The van der Waals surface area contributed by atoms with Crippen LogP contribution in [0.4, 0.5) is 0 Å². The molecule has 0 aromatic rings. The highest BCUT2D eigenvalue weighted by Gasteiger charge is 2.44. The second-order valence-electron chi connectivity index (χ2n) is 18.6. The van der Waals surface area contributed by atoms with Crippen molar-refractivity contribution in [2.24, 2.45) is 0 Å². The minimum Gasteiger partial charge on any atom is -0.394 e. The molecule has 1 aliphatic rings. The van der Waals surface area contributed by atoms with Crippen LogP contribution in [0.3, 0.4) is 0 Å². The summed E-state index contributed by atoms with van der Waals surface area (Å²) in [4.78, 5) is 13.0. The molecule has 1 rings (SSSR count). The van der Waals surface area contributed by atoms with Crippen LogP contribution in [-0.2, 0) is 14.3 Å². The lowest BCUT2D eigenvalue weighted by Crippen LogP contribution is -2.60. The van der Waals surface area contributed by atoms with Crippen molar-refractivity contribution in [1.82, 2.24) is 5.32 Å². The average Bonchev–Trinajstić information content (AvgIpc) is 3.29. The molecule has 0 spiro atoms. The summed E-state index contributed by atoms with van der Waals surface area (Å²) in [6, 6.07) is -0.815. The molecule has 0 aromatic carbocycles. The number of ether oxygens (including phenoxy) is 2. The number of allylic oxidation sites excluding steroid dienone is 7. The minimum absolute atomic E-state index is 0.193. The maximum absolute atomic E-state index is 13.0. The summed E-state index contributed by atoms with van der Waals surface area (Å²) in [6.45, 7) is 3.67. The molecule has 7 atom stereocenters. The van der Waals surface area contributed by atoms with Crippen molar-refractivity contribution in [2.75, 3.05) is 13.2 Å². The lowest BCUT2D eigenvalue weighted by atomic mass is 9.99. The highest BCUT2D eigenvalue weighted by Crippen LogP contribution is 2.23. The van der Waals surface area contributed by atoms with Crippen molar-refractivity contribution >= 4 is 5.91 Å². The Labute approximate surface area is 393 Å². The Morgan fingerprint density at radius 1 is 0.547 bits per heavy atom. The second-order valence-corrected chi connectivity index (χ2v) is 18.6. The van der Waals surface area contributed by atoms with E-state index < -0.39 is 49.5 Å². The van der Waals surface area contributed by atoms with Crippen LogP contribution in [0.1, 0.15) is 239 Å². The Kier molecular flexibility index (Phi) is 42.3. The Balaban J connectivity index is 2.24. The fourth-order valence-corrected chi connectivity index (χ4v) is 8.41. The van der Waals surface area contributed by atoms with Gasteiger partial charge in [-0.05, 0) is 51.4 Å². The number of nitrogens with one attached hydrogen (secondary N) is 1. The third kappa shape index (κ3) is 34.5. The largest absolute Gasteiger partial charge is 0.394 e. The second kappa shape index (κ2) is 45.0. The van der Waals surface area contributed by atoms with Crippen molar-refractivity contribution in [3.05, 3.63) is 48.6 Å². The normalized spacial score (nSPS) is 20.4. The fourth-order valence-electron chi connectivity index (χ4n) is 8.41. The van der Waals surface area contributed by atoms with Crippen molar-refractivity contribution in [3.8, 4) is 0 Å². The number of aliphatic hydroxyl groups is 5. The molecule has 0 saturated carbocycles. The summed E-state index contributed by atoms with van der Waals surface area (Å²) in [5.74, 6) is -0.193. The van der Waals surface area contributed by atoms with Gasteiger partial charge in [0.1, 0.15) is 24.4 Å². The molecule has 6 N–H and O–H groups in total. The molecule has 7 unspecified atom stereocenters. The van der Waals surface area contributed by atoms with Crippen molar-refractivity contribution < 1.29 is 39.8 Å². The summed E-state index contributed by atoms with van der Waals surface area (Å²) in [7, 11) is 0. The van der Waals surface area contributed by atoms with Gasteiger partial charge in [-0.25, -0.2) is 0 Å². The van der Waals surface area contributed by atoms with E-state index in [0.29, 0.717) is 6.42 Å². The maximum Gasteiger partial charge on any atom is 0.220 e. The predicted octanol–water partition coefficient (Wildman–Crippen LogP) is 12.6. The van der Waals surface area contributed by atoms with Gasteiger partial charge in [0.15, 0.2) is 6.29 Å². The molecule has 0 aromatic heterocycles. The molecule has 1 aliphatic heterocycles. The third-order valence-electron chi connectivity index (χ3n) is 12.7. The van der Waals surface area contributed by atoms with Gasteiger partial charge in [-0.3, -0.25) is 4.79 Å². The van der Waals surface area contributed by atoms with E-state index in [1.54, 1.807) is 6.08 Å². The van der Waals surface area contributed by atoms with E-state index in [9.17, 15) is 30.3 Å². The molecule has 9 nitrogen and oxygen atoms in total. The van der Waals surface area contributed by atoms with E-state index in [4.69, 9.17) is 9.47 Å². The molecule has 0 radical (unpaired) electrons. The summed E-state index contributed by atoms with van der Waals surface area (Å²) >= 11 is 0. The summed E-state index contributed by atoms with van der Waals surface area (Å²) in [5, 5.41) is 54.4. The molecule has 0 aliphatic carbocycles. The Hall–Kier alpha value is -1.85. The van der Waals surface area contributed by atoms with Crippen molar-refractivity contribution in [1.29, 1.82) is 0 Å². The van der Waals surface area contributed by atoms with E-state index >= 15 is 0 Å². The number of hydrogen-bond donors (Lipinski definition) is 6. The molecule has 1 fully saturated rings. The van der Waals surface area contributed by atoms with Gasteiger partial charge in [0.25, 0.3) is 0 Å². The first-order chi connectivity index (χ1) is 31.3. The molecule has 64 heavy (non-hydrogen) atoms. The van der Waals surface area contributed by atoms with Crippen LogP contribution in [0.25, 0.3) is 0 Å². The zero-order chi connectivity index (χ0) is 46.6. The minimum atomic E-state index is -1.57. The zero-order valence-electron chi connectivity index (χ0n) is 41.3. The first-order valence-corrected chi connectivity index (χ1v) is 26.9. The molecular weight excluding hydrogens is 803 g/mol. The van der Waals surface area contributed by atoms with E-state index in [1.807, 2.05) is 6.08 Å². The number of rotatable bonds is 45. The number of carbonyl (C=O) groups excluding carboxylic acids is 1. The Bertz CT molecular complexity index is 1140. The third-order valence-corrected chi connectivity index (χ3v) is 12.7. The zero-order valence-corrected chi connectivity index (χ0v) is 41.3. The molecule has 374 valence electrons. The summed E-state index contributed by atoms with van der Waals surface area (Å²) in [6.07, 6.45) is 51.7. The van der Waals surface area contributed by atoms with Crippen LogP contribution in [-0.4, -0.2) is 87.5 Å². The van der Waals surface area contributed by atoms with E-state index in [2.05, 4.69) is 55.6 Å². The van der Waals surface area contributed by atoms with Gasteiger partial charge in [0, 0.05) is 6.42 Å². The standard InChI is InChI=1S/C55H101NO8/c1-3-5-7-9-11-13-15-17-19-20-21-22-23-24-25-26-27-28-29-31-32-34-36-38-40-42-44-49(58)48(47-63-55-54(62)53(61)52(60)50(46-57)64-55)56-51(59)45-43-41-39-37-35-33-30-18-16-14-12-10-8-6-4-2/h6,8,12,14,18,30,42,44,48-50,52-55,57-58,60-62H,3-5,7,9-11,13,15-17,19-29,31-41,43,45-47H2,1-2H3,(H,56,59)/b8-6-,14-12-,30-18-,44-42+. The lowest BCUT2D eigenvalue weighted by molar-refractivity contribution is -0.302. The van der Waals surface area contributed by atoms with E-state index in [1.165, 1.54) is 141 Å². The van der Waals surface area contributed by atoms with Gasteiger partial charge in [-0.2, -0.15) is 0 Å².